The number of nitrogens with zero attached hydrogens (tertiary/aromatic N) is 1. The molecule has 1 aliphatic heterocycles. The molecule has 0 unspecified atom stereocenters. The lowest BCUT2D eigenvalue weighted by molar-refractivity contribution is 0.0721. The molecular formula is C25H27NO4. The van der Waals surface area contributed by atoms with Gasteiger partial charge in [-0.25, -0.2) is 0 Å². The predicted molar refractivity (Wildman–Crippen MR) is 113 cm³/mol. The maximum atomic E-state index is 12.6. The molecule has 5 rings (SSSR count). The van der Waals surface area contributed by atoms with Crippen LogP contribution < -0.4 is 4.74 Å². The molecule has 30 heavy (non-hydrogen) atoms. The van der Waals surface area contributed by atoms with E-state index in [9.17, 15) is 14.7 Å². The average Bonchev–Trinajstić information content (AvgIpc) is 3.27. The third kappa shape index (κ3) is 3.69. The van der Waals surface area contributed by atoms with Crippen LogP contribution in [0.1, 0.15) is 63.9 Å². The van der Waals surface area contributed by atoms with Crippen molar-refractivity contribution in [2.75, 3.05) is 13.2 Å². The number of hydrogen-bond donors (Lipinski definition) is 1. The zero-order chi connectivity index (χ0) is 20.7. The van der Waals surface area contributed by atoms with Gasteiger partial charge in [-0.1, -0.05) is 12.1 Å². The van der Waals surface area contributed by atoms with Crippen LogP contribution in [0.15, 0.2) is 36.4 Å². The number of fused-ring (bicyclic) bond motifs is 2. The Bertz CT molecular complexity index is 991. The third-order valence-corrected chi connectivity index (χ3v) is 6.91. The van der Waals surface area contributed by atoms with Gasteiger partial charge in [-0.3, -0.25) is 9.59 Å². The summed E-state index contributed by atoms with van der Waals surface area (Å²) in [7, 11) is 0. The lowest BCUT2D eigenvalue weighted by Crippen LogP contribution is -2.32. The number of phenols is 1. The Morgan fingerprint density at radius 2 is 1.67 bits per heavy atom. The van der Waals surface area contributed by atoms with Crippen molar-refractivity contribution in [2.24, 2.45) is 11.8 Å². The van der Waals surface area contributed by atoms with Crippen molar-refractivity contribution in [1.82, 2.24) is 4.90 Å². The molecule has 1 saturated carbocycles. The van der Waals surface area contributed by atoms with Gasteiger partial charge in [-0.2, -0.15) is 0 Å². The van der Waals surface area contributed by atoms with Crippen LogP contribution in [-0.4, -0.2) is 34.8 Å². The molecule has 5 nitrogen and oxygen atoms in total. The molecule has 5 heteroatoms. The Morgan fingerprint density at radius 1 is 0.900 bits per heavy atom. The molecule has 0 atom stereocenters. The van der Waals surface area contributed by atoms with Crippen LogP contribution in [0.5, 0.6) is 11.5 Å². The second kappa shape index (κ2) is 7.78. The average molecular weight is 405 g/mol. The summed E-state index contributed by atoms with van der Waals surface area (Å²) in [6.45, 7) is 2.12. The van der Waals surface area contributed by atoms with Gasteiger partial charge in [0.1, 0.15) is 11.5 Å². The van der Waals surface area contributed by atoms with Crippen molar-refractivity contribution in [3.63, 3.8) is 0 Å². The van der Waals surface area contributed by atoms with E-state index in [1.54, 1.807) is 12.1 Å². The lowest BCUT2D eigenvalue weighted by Gasteiger charge is -2.31. The van der Waals surface area contributed by atoms with E-state index >= 15 is 0 Å². The number of benzene rings is 2. The van der Waals surface area contributed by atoms with Crippen molar-refractivity contribution in [3.05, 3.63) is 58.7 Å². The van der Waals surface area contributed by atoms with Crippen LogP contribution in [-0.2, 0) is 13.0 Å². The summed E-state index contributed by atoms with van der Waals surface area (Å²) in [6, 6.07) is 11.0. The van der Waals surface area contributed by atoms with Crippen molar-refractivity contribution in [3.8, 4) is 11.5 Å². The second-order valence-corrected chi connectivity index (χ2v) is 8.97. The fraction of sp³-hybridized carbons (Fsp3) is 0.440. The molecule has 1 heterocycles. The maximum absolute atomic E-state index is 12.6. The molecule has 0 saturated heterocycles. The Morgan fingerprint density at radius 3 is 2.50 bits per heavy atom. The normalized spacial score (nSPS) is 22.9. The van der Waals surface area contributed by atoms with Gasteiger partial charge in [0.05, 0.1) is 6.61 Å². The van der Waals surface area contributed by atoms with Crippen LogP contribution in [0.3, 0.4) is 0 Å². The molecule has 1 amide bonds. The molecule has 2 aromatic rings. The molecule has 0 radical (unpaired) electrons. The molecule has 0 spiro atoms. The molecular weight excluding hydrogens is 378 g/mol. The highest BCUT2D eigenvalue weighted by Gasteiger charge is 2.31. The number of phenolic OH excluding ortho intramolecular Hbond substituents is 1. The van der Waals surface area contributed by atoms with Crippen molar-refractivity contribution in [1.29, 1.82) is 0 Å². The standard InChI is InChI=1S/C25H27NO4/c27-20-8-5-19-14-26(25(29)23(19)11-20)13-16-1-3-17(4-2-16)15-30-21-9-6-18-7-10-24(28)22(18)12-21/h5-6,8-9,11-12,16-17,27H,1-4,7,10,13-15H2/t16-,17-. The minimum absolute atomic E-state index is 0.0394. The van der Waals surface area contributed by atoms with Gasteiger partial charge in [0.2, 0.25) is 0 Å². The summed E-state index contributed by atoms with van der Waals surface area (Å²) in [5, 5.41) is 9.64. The molecule has 0 aromatic heterocycles. The highest BCUT2D eigenvalue weighted by molar-refractivity contribution is 6.00. The third-order valence-electron chi connectivity index (χ3n) is 6.91. The minimum atomic E-state index is 0.0394. The van der Waals surface area contributed by atoms with E-state index in [0.29, 0.717) is 37.0 Å². The first-order valence-electron chi connectivity index (χ1n) is 11.0. The zero-order valence-electron chi connectivity index (χ0n) is 17.1. The van der Waals surface area contributed by atoms with E-state index in [1.807, 2.05) is 29.2 Å². The molecule has 2 aromatic carbocycles. The van der Waals surface area contributed by atoms with Gasteiger partial charge in [0.15, 0.2) is 5.78 Å². The van der Waals surface area contributed by atoms with E-state index in [4.69, 9.17) is 4.74 Å². The highest BCUT2D eigenvalue weighted by Crippen LogP contribution is 2.33. The summed E-state index contributed by atoms with van der Waals surface area (Å²) >= 11 is 0. The number of Topliss-reactive ketones (excluding diaryl/α,β-unsaturated/α-hetero) is 1. The number of carbonyl (C=O) groups excluding carboxylic acids is 2. The summed E-state index contributed by atoms with van der Waals surface area (Å²) < 4.78 is 6.02. The Balaban J connectivity index is 1.10. The molecule has 1 N–H and O–H groups in total. The number of aryl methyl sites for hydroxylation is 1. The van der Waals surface area contributed by atoms with Crippen LogP contribution in [0.25, 0.3) is 0 Å². The quantitative estimate of drug-likeness (QED) is 0.803. The number of hydrogen-bond acceptors (Lipinski definition) is 4. The first-order chi connectivity index (χ1) is 14.6. The molecule has 156 valence electrons. The summed E-state index contributed by atoms with van der Waals surface area (Å²) in [5.74, 6) is 2.26. The molecule has 1 fully saturated rings. The largest absolute Gasteiger partial charge is 0.508 e. The van der Waals surface area contributed by atoms with Gasteiger partial charge in [-0.05, 0) is 79.3 Å². The van der Waals surface area contributed by atoms with Crippen molar-refractivity contribution in [2.45, 2.75) is 45.1 Å². The van der Waals surface area contributed by atoms with Crippen LogP contribution >= 0.6 is 0 Å². The molecule has 3 aliphatic rings. The first kappa shape index (κ1) is 19.2. The Kier molecular flexibility index (Phi) is 4.97. The Hall–Kier alpha value is -2.82. The second-order valence-electron chi connectivity index (χ2n) is 8.97. The number of ether oxygens (including phenoxy) is 1. The van der Waals surface area contributed by atoms with Gasteiger partial charge < -0.3 is 14.7 Å². The van der Waals surface area contributed by atoms with Crippen LogP contribution in [0, 0.1) is 11.8 Å². The smallest absolute Gasteiger partial charge is 0.254 e. The Labute approximate surface area is 176 Å². The number of aromatic hydroxyl groups is 1. The molecule has 2 aliphatic carbocycles. The van der Waals surface area contributed by atoms with Gasteiger partial charge in [0.25, 0.3) is 5.91 Å². The first-order valence-corrected chi connectivity index (χ1v) is 11.0. The zero-order valence-corrected chi connectivity index (χ0v) is 17.1. The maximum Gasteiger partial charge on any atom is 0.254 e. The van der Waals surface area contributed by atoms with Gasteiger partial charge in [0, 0.05) is 30.6 Å². The van der Waals surface area contributed by atoms with Crippen LogP contribution in [0.4, 0.5) is 0 Å². The topological polar surface area (TPSA) is 66.8 Å². The van der Waals surface area contributed by atoms with E-state index < -0.39 is 0 Å². The SMILES string of the molecule is O=C1CCc2ccc(OC[C@H]3CC[C@H](CN4Cc5ccc(O)cc5C4=O)CC3)cc21. The van der Waals surface area contributed by atoms with Crippen LogP contribution in [0.2, 0.25) is 0 Å². The summed E-state index contributed by atoms with van der Waals surface area (Å²) in [4.78, 5) is 26.5. The summed E-state index contributed by atoms with van der Waals surface area (Å²) in [6.07, 6.45) is 5.87. The van der Waals surface area contributed by atoms with E-state index in [-0.39, 0.29) is 17.4 Å². The number of carbonyl (C=O) groups is 2. The number of amides is 1. The molecule has 0 bridgehead atoms. The number of ketones is 1. The van der Waals surface area contributed by atoms with E-state index in [1.165, 1.54) is 0 Å². The summed E-state index contributed by atoms with van der Waals surface area (Å²) in [5.41, 5.74) is 3.63. The predicted octanol–water partition coefficient (Wildman–Crippen LogP) is 4.36. The number of rotatable bonds is 5. The van der Waals surface area contributed by atoms with Gasteiger partial charge >= 0.3 is 0 Å². The van der Waals surface area contributed by atoms with Crippen molar-refractivity contribution < 1.29 is 19.4 Å². The van der Waals surface area contributed by atoms with Gasteiger partial charge in [-0.15, -0.1) is 0 Å². The van der Waals surface area contributed by atoms with Crippen molar-refractivity contribution >= 4 is 11.7 Å². The fourth-order valence-electron chi connectivity index (χ4n) is 5.11. The minimum Gasteiger partial charge on any atom is -0.508 e. The monoisotopic (exact) mass is 405 g/mol. The van der Waals surface area contributed by atoms with E-state index in [0.717, 1.165) is 61.1 Å². The lowest BCUT2D eigenvalue weighted by atomic mass is 9.82. The van der Waals surface area contributed by atoms with E-state index in [2.05, 4.69) is 0 Å². The highest BCUT2D eigenvalue weighted by atomic mass is 16.5. The fourth-order valence-corrected chi connectivity index (χ4v) is 5.11.